The van der Waals surface area contributed by atoms with Gasteiger partial charge in [-0.3, -0.25) is 9.59 Å². The lowest BCUT2D eigenvalue weighted by molar-refractivity contribution is -0.137. The normalized spacial score (nSPS) is 13.7. The first-order valence-corrected chi connectivity index (χ1v) is 12.4. The Morgan fingerprint density at radius 2 is 1.88 bits per heavy atom. The second kappa shape index (κ2) is 12.3. The molecule has 9 nitrogen and oxygen atoms in total. The first-order chi connectivity index (χ1) is 16.7. The van der Waals surface area contributed by atoms with E-state index in [0.29, 0.717) is 32.1 Å². The fourth-order valence-corrected chi connectivity index (χ4v) is 4.65. The van der Waals surface area contributed by atoms with E-state index in [-0.39, 0.29) is 24.2 Å². The maximum absolute atomic E-state index is 12.1. The summed E-state index contributed by atoms with van der Waals surface area (Å²) in [6, 6.07) is 16.9. The number of carbonyl (C=O) groups excluding carboxylic acids is 2. The van der Waals surface area contributed by atoms with Gasteiger partial charge in [0.25, 0.3) is 11.8 Å². The van der Waals surface area contributed by atoms with Crippen molar-refractivity contribution in [3.63, 3.8) is 0 Å². The van der Waals surface area contributed by atoms with Crippen LogP contribution in [0, 0.1) is 0 Å². The minimum absolute atomic E-state index is 0.0113. The summed E-state index contributed by atoms with van der Waals surface area (Å²) in [7, 11) is 0. The highest BCUT2D eigenvalue weighted by molar-refractivity contribution is 8.01. The Kier molecular flexibility index (Phi) is 8.60. The van der Waals surface area contributed by atoms with Gasteiger partial charge in [-0.1, -0.05) is 53.4 Å². The summed E-state index contributed by atoms with van der Waals surface area (Å²) in [6.45, 7) is 2.30. The number of rotatable bonds is 9. The van der Waals surface area contributed by atoms with E-state index in [1.807, 2.05) is 30.3 Å². The largest absolute Gasteiger partial charge is 0.484 e. The van der Waals surface area contributed by atoms with Crippen LogP contribution in [0.25, 0.3) is 10.6 Å². The third kappa shape index (κ3) is 7.11. The molecule has 2 amide bonds. The van der Waals surface area contributed by atoms with Crippen LogP contribution in [0.2, 0.25) is 0 Å². The molecule has 34 heavy (non-hydrogen) atoms. The zero-order valence-electron chi connectivity index (χ0n) is 18.3. The predicted octanol–water partition coefficient (Wildman–Crippen LogP) is 2.69. The number of morpholine rings is 1. The standard InChI is InChI=1S/C23H23N5O4S2/c29-20(16-33-23-27-26-22(34-23)18-4-2-1-3-5-18)25-24-14-17-6-8-19(9-7-17)32-15-21(30)28-10-12-31-13-11-28/h1-9,14H,10-13,15-16H2,(H,25,29). The SMILES string of the molecule is O=C(CSc1nnc(-c2ccccc2)s1)NN=Cc1ccc(OCC(=O)N2CCOCC2)cc1. The van der Waals surface area contributed by atoms with Gasteiger partial charge in [0.2, 0.25) is 0 Å². The van der Waals surface area contributed by atoms with Crippen LogP contribution < -0.4 is 10.2 Å². The molecule has 2 heterocycles. The van der Waals surface area contributed by atoms with E-state index in [4.69, 9.17) is 9.47 Å². The van der Waals surface area contributed by atoms with Crippen LogP contribution in [0.15, 0.2) is 64.0 Å². The van der Waals surface area contributed by atoms with Gasteiger partial charge in [0.1, 0.15) is 10.8 Å². The van der Waals surface area contributed by atoms with Crippen LogP contribution in [0.3, 0.4) is 0 Å². The van der Waals surface area contributed by atoms with Gasteiger partial charge in [0, 0.05) is 18.7 Å². The molecule has 4 rings (SSSR count). The number of hydrazone groups is 1. The summed E-state index contributed by atoms with van der Waals surface area (Å²) in [5, 5.41) is 13.1. The highest BCUT2D eigenvalue weighted by Gasteiger charge is 2.17. The lowest BCUT2D eigenvalue weighted by Gasteiger charge is -2.26. The van der Waals surface area contributed by atoms with E-state index in [1.54, 1.807) is 35.4 Å². The quantitative estimate of drug-likeness (QED) is 0.275. The van der Waals surface area contributed by atoms with Gasteiger partial charge in [-0.2, -0.15) is 5.10 Å². The Bertz CT molecular complexity index is 1120. The molecule has 0 radical (unpaired) electrons. The third-order valence-electron chi connectivity index (χ3n) is 4.76. The Hall–Kier alpha value is -3.28. The van der Waals surface area contributed by atoms with Gasteiger partial charge in [0.15, 0.2) is 10.9 Å². The maximum atomic E-state index is 12.1. The summed E-state index contributed by atoms with van der Waals surface area (Å²) >= 11 is 2.76. The summed E-state index contributed by atoms with van der Waals surface area (Å²) in [4.78, 5) is 25.9. The molecular weight excluding hydrogens is 474 g/mol. The molecule has 0 bridgehead atoms. The van der Waals surface area contributed by atoms with E-state index in [0.717, 1.165) is 20.5 Å². The number of aromatic nitrogens is 2. The molecular formula is C23H23N5O4S2. The van der Waals surface area contributed by atoms with Crippen molar-refractivity contribution in [3.8, 4) is 16.3 Å². The minimum Gasteiger partial charge on any atom is -0.484 e. The molecule has 0 aliphatic carbocycles. The summed E-state index contributed by atoms with van der Waals surface area (Å²) < 4.78 is 11.5. The zero-order chi connectivity index (χ0) is 23.6. The van der Waals surface area contributed by atoms with Gasteiger partial charge in [-0.05, 0) is 29.8 Å². The van der Waals surface area contributed by atoms with Gasteiger partial charge >= 0.3 is 0 Å². The number of nitrogens with one attached hydrogen (secondary N) is 1. The van der Waals surface area contributed by atoms with Gasteiger partial charge in [-0.25, -0.2) is 5.43 Å². The Morgan fingerprint density at radius 1 is 1.12 bits per heavy atom. The highest BCUT2D eigenvalue weighted by atomic mass is 32.2. The molecule has 1 fully saturated rings. The van der Waals surface area contributed by atoms with Crippen LogP contribution >= 0.6 is 23.1 Å². The first-order valence-electron chi connectivity index (χ1n) is 10.6. The Labute approximate surface area is 205 Å². The molecule has 176 valence electrons. The number of benzene rings is 2. The monoisotopic (exact) mass is 497 g/mol. The number of thioether (sulfide) groups is 1. The molecule has 3 aromatic rings. The number of amides is 2. The molecule has 0 unspecified atom stereocenters. The van der Waals surface area contributed by atoms with Crippen molar-refractivity contribution in [3.05, 3.63) is 60.2 Å². The number of hydrogen-bond donors (Lipinski definition) is 1. The molecule has 1 N–H and O–H groups in total. The van der Waals surface area contributed by atoms with E-state index in [9.17, 15) is 9.59 Å². The van der Waals surface area contributed by atoms with E-state index in [1.165, 1.54) is 23.1 Å². The van der Waals surface area contributed by atoms with Gasteiger partial charge in [-0.15, -0.1) is 10.2 Å². The van der Waals surface area contributed by atoms with Gasteiger partial charge in [0.05, 0.1) is 25.2 Å². The van der Waals surface area contributed by atoms with Crippen LogP contribution in [0.1, 0.15) is 5.56 Å². The van der Waals surface area contributed by atoms with E-state index >= 15 is 0 Å². The molecule has 1 aliphatic rings. The molecule has 0 saturated carbocycles. The fraction of sp³-hybridized carbons (Fsp3) is 0.261. The van der Waals surface area contributed by atoms with E-state index < -0.39 is 0 Å². The number of ether oxygens (including phenoxy) is 2. The van der Waals surface area contributed by atoms with Crippen molar-refractivity contribution in [2.75, 3.05) is 38.7 Å². The highest BCUT2D eigenvalue weighted by Crippen LogP contribution is 2.28. The molecule has 1 aliphatic heterocycles. The second-order valence-electron chi connectivity index (χ2n) is 7.17. The molecule has 1 saturated heterocycles. The fourth-order valence-electron chi connectivity index (χ4n) is 3.00. The predicted molar refractivity (Wildman–Crippen MR) is 131 cm³/mol. The van der Waals surface area contributed by atoms with Crippen LogP contribution in [0.5, 0.6) is 5.75 Å². The van der Waals surface area contributed by atoms with Crippen molar-refractivity contribution < 1.29 is 19.1 Å². The van der Waals surface area contributed by atoms with E-state index in [2.05, 4.69) is 20.7 Å². The van der Waals surface area contributed by atoms with Crippen LogP contribution in [-0.4, -0.2) is 71.8 Å². The van der Waals surface area contributed by atoms with Crippen LogP contribution in [0.4, 0.5) is 0 Å². The second-order valence-corrected chi connectivity index (χ2v) is 9.37. The average molecular weight is 498 g/mol. The summed E-state index contributed by atoms with van der Waals surface area (Å²) in [6.07, 6.45) is 1.55. The van der Waals surface area contributed by atoms with Crippen molar-refractivity contribution in [2.24, 2.45) is 5.10 Å². The topological polar surface area (TPSA) is 106 Å². The van der Waals surface area contributed by atoms with Crippen molar-refractivity contribution >= 4 is 41.1 Å². The van der Waals surface area contributed by atoms with Gasteiger partial charge < -0.3 is 14.4 Å². The van der Waals surface area contributed by atoms with Crippen molar-refractivity contribution in [1.29, 1.82) is 0 Å². The molecule has 0 spiro atoms. The number of hydrogen-bond acceptors (Lipinski definition) is 9. The third-order valence-corrected chi connectivity index (χ3v) is 6.87. The van der Waals surface area contributed by atoms with Crippen molar-refractivity contribution in [1.82, 2.24) is 20.5 Å². The van der Waals surface area contributed by atoms with Crippen molar-refractivity contribution in [2.45, 2.75) is 4.34 Å². The molecule has 11 heteroatoms. The Balaban J connectivity index is 1.17. The number of nitrogens with zero attached hydrogens (tertiary/aromatic N) is 4. The van der Waals surface area contributed by atoms with Crippen LogP contribution in [-0.2, 0) is 14.3 Å². The molecule has 0 atom stereocenters. The smallest absolute Gasteiger partial charge is 0.260 e. The lowest BCUT2D eigenvalue weighted by Crippen LogP contribution is -2.42. The minimum atomic E-state index is -0.237. The zero-order valence-corrected chi connectivity index (χ0v) is 19.9. The molecule has 2 aromatic carbocycles. The lowest BCUT2D eigenvalue weighted by atomic mass is 10.2. The Morgan fingerprint density at radius 3 is 2.65 bits per heavy atom. The summed E-state index contributed by atoms with van der Waals surface area (Å²) in [5.41, 5.74) is 4.29. The maximum Gasteiger partial charge on any atom is 0.260 e. The first kappa shape index (κ1) is 23.9. The molecule has 1 aromatic heterocycles. The average Bonchev–Trinajstić information content (AvgIpc) is 3.37. The summed E-state index contributed by atoms with van der Waals surface area (Å²) in [5.74, 6) is 0.481. The number of carbonyl (C=O) groups is 2.